The Labute approximate surface area is 194 Å². The van der Waals surface area contributed by atoms with E-state index in [1.165, 1.54) is 24.3 Å². The number of fused-ring (bicyclic) bond motifs is 1. The van der Waals surface area contributed by atoms with Gasteiger partial charge in [0.25, 0.3) is 0 Å². The standard InChI is InChI=1S/C24H25F4N5O/c25-20-6-4-17(5-7-20)15-23(34)29-10-8-21-30-31-22-9-11-32(12-13-33(21)22)16-18-2-1-3-19(14-18)24(26,27)28/h1-7,14H,8-13,15-16H2,(H,29,34). The summed E-state index contributed by atoms with van der Waals surface area (Å²) in [6, 6.07) is 11.2. The Morgan fingerprint density at radius 1 is 1.00 bits per heavy atom. The van der Waals surface area contributed by atoms with Gasteiger partial charge in [-0.25, -0.2) is 4.39 Å². The predicted octanol–water partition coefficient (Wildman–Crippen LogP) is 3.40. The molecule has 3 aromatic rings. The van der Waals surface area contributed by atoms with E-state index in [1.807, 2.05) is 4.57 Å². The second kappa shape index (κ2) is 10.3. The van der Waals surface area contributed by atoms with Gasteiger partial charge in [0, 0.05) is 45.6 Å². The molecule has 1 aliphatic heterocycles. The number of rotatable bonds is 7. The maximum absolute atomic E-state index is 13.0. The zero-order valence-electron chi connectivity index (χ0n) is 18.5. The van der Waals surface area contributed by atoms with Gasteiger partial charge in [-0.2, -0.15) is 13.2 Å². The highest BCUT2D eigenvalue weighted by Gasteiger charge is 2.30. The number of nitrogens with zero attached hydrogens (tertiary/aromatic N) is 4. The van der Waals surface area contributed by atoms with Crippen molar-refractivity contribution in [1.29, 1.82) is 0 Å². The number of benzene rings is 2. The van der Waals surface area contributed by atoms with Crippen molar-refractivity contribution in [1.82, 2.24) is 25.0 Å². The van der Waals surface area contributed by atoms with Gasteiger partial charge in [-0.05, 0) is 29.3 Å². The minimum Gasteiger partial charge on any atom is -0.355 e. The molecule has 0 bridgehead atoms. The maximum atomic E-state index is 13.0. The van der Waals surface area contributed by atoms with Crippen LogP contribution in [0.4, 0.5) is 17.6 Å². The smallest absolute Gasteiger partial charge is 0.355 e. The zero-order valence-corrected chi connectivity index (χ0v) is 18.5. The SMILES string of the molecule is O=C(Cc1ccc(F)cc1)NCCc1nnc2n1CCN(Cc1cccc(C(F)(F)F)c1)CC2. The molecule has 1 aliphatic rings. The minimum atomic E-state index is -4.36. The molecular weight excluding hydrogens is 450 g/mol. The Hall–Kier alpha value is -3.27. The molecule has 0 radical (unpaired) electrons. The molecule has 34 heavy (non-hydrogen) atoms. The summed E-state index contributed by atoms with van der Waals surface area (Å²) < 4.78 is 54.0. The van der Waals surface area contributed by atoms with Gasteiger partial charge < -0.3 is 9.88 Å². The quantitative estimate of drug-likeness (QED) is 0.532. The molecule has 1 amide bonds. The van der Waals surface area contributed by atoms with Gasteiger partial charge in [-0.3, -0.25) is 9.69 Å². The summed E-state index contributed by atoms with van der Waals surface area (Å²) in [6.45, 7) is 2.78. The summed E-state index contributed by atoms with van der Waals surface area (Å²) in [5.41, 5.74) is 0.716. The van der Waals surface area contributed by atoms with E-state index >= 15 is 0 Å². The fraction of sp³-hybridized carbons (Fsp3) is 0.375. The Morgan fingerprint density at radius 2 is 1.79 bits per heavy atom. The molecule has 180 valence electrons. The lowest BCUT2D eigenvalue weighted by molar-refractivity contribution is -0.137. The van der Waals surface area contributed by atoms with Crippen LogP contribution in [0.3, 0.4) is 0 Å². The fourth-order valence-corrected chi connectivity index (χ4v) is 4.04. The van der Waals surface area contributed by atoms with Gasteiger partial charge >= 0.3 is 6.18 Å². The third kappa shape index (κ3) is 6.19. The molecular formula is C24H25F4N5O. The second-order valence-corrected chi connectivity index (χ2v) is 8.31. The van der Waals surface area contributed by atoms with Crippen LogP contribution in [0.5, 0.6) is 0 Å². The van der Waals surface area contributed by atoms with Crippen LogP contribution in [0.1, 0.15) is 28.3 Å². The molecule has 10 heteroatoms. The van der Waals surface area contributed by atoms with Crippen LogP contribution in [0.2, 0.25) is 0 Å². The van der Waals surface area contributed by atoms with E-state index in [-0.39, 0.29) is 18.1 Å². The lowest BCUT2D eigenvalue weighted by Gasteiger charge is -2.20. The fourth-order valence-electron chi connectivity index (χ4n) is 4.04. The average Bonchev–Trinajstić information content (AvgIpc) is 3.07. The van der Waals surface area contributed by atoms with Crippen molar-refractivity contribution in [3.8, 4) is 0 Å². The number of halogens is 4. The van der Waals surface area contributed by atoms with Crippen molar-refractivity contribution in [2.75, 3.05) is 19.6 Å². The van der Waals surface area contributed by atoms with Crippen LogP contribution in [0.15, 0.2) is 48.5 Å². The first-order valence-electron chi connectivity index (χ1n) is 11.1. The molecule has 1 N–H and O–H groups in total. The first-order valence-corrected chi connectivity index (χ1v) is 11.1. The number of carbonyl (C=O) groups is 1. The number of nitrogens with one attached hydrogen (secondary N) is 1. The number of amides is 1. The van der Waals surface area contributed by atoms with Gasteiger partial charge in [0.05, 0.1) is 12.0 Å². The average molecular weight is 475 g/mol. The summed E-state index contributed by atoms with van der Waals surface area (Å²) >= 11 is 0. The molecule has 2 heterocycles. The van der Waals surface area contributed by atoms with Gasteiger partial charge in [0.1, 0.15) is 17.5 Å². The van der Waals surface area contributed by atoms with E-state index in [1.54, 1.807) is 18.2 Å². The third-order valence-electron chi connectivity index (χ3n) is 5.80. The van der Waals surface area contributed by atoms with E-state index in [0.29, 0.717) is 51.1 Å². The predicted molar refractivity (Wildman–Crippen MR) is 117 cm³/mol. The van der Waals surface area contributed by atoms with Crippen molar-refractivity contribution in [3.05, 3.63) is 82.7 Å². The molecule has 0 fully saturated rings. The van der Waals surface area contributed by atoms with Crippen molar-refractivity contribution in [2.24, 2.45) is 0 Å². The molecule has 1 aromatic heterocycles. The highest BCUT2D eigenvalue weighted by Crippen LogP contribution is 2.29. The van der Waals surface area contributed by atoms with Crippen LogP contribution >= 0.6 is 0 Å². The van der Waals surface area contributed by atoms with E-state index < -0.39 is 11.7 Å². The minimum absolute atomic E-state index is 0.158. The molecule has 0 atom stereocenters. The Balaban J connectivity index is 1.28. The molecule has 4 rings (SSSR count). The van der Waals surface area contributed by atoms with E-state index in [2.05, 4.69) is 20.4 Å². The number of alkyl halides is 3. The van der Waals surface area contributed by atoms with Crippen LogP contribution in [-0.4, -0.2) is 45.2 Å². The van der Waals surface area contributed by atoms with E-state index in [9.17, 15) is 22.4 Å². The summed E-state index contributed by atoms with van der Waals surface area (Å²) in [7, 11) is 0. The van der Waals surface area contributed by atoms with Crippen molar-refractivity contribution >= 4 is 5.91 Å². The highest BCUT2D eigenvalue weighted by molar-refractivity contribution is 5.78. The van der Waals surface area contributed by atoms with Gasteiger partial charge in [0.2, 0.25) is 5.91 Å². The Kier molecular flexibility index (Phi) is 7.26. The monoisotopic (exact) mass is 475 g/mol. The molecule has 2 aromatic carbocycles. The summed E-state index contributed by atoms with van der Waals surface area (Å²) in [5.74, 6) is 1.09. The molecule has 0 saturated carbocycles. The largest absolute Gasteiger partial charge is 0.416 e. The number of carbonyl (C=O) groups excluding carboxylic acids is 1. The summed E-state index contributed by atoms with van der Waals surface area (Å²) in [6.07, 6.45) is -3.03. The second-order valence-electron chi connectivity index (χ2n) is 8.31. The lowest BCUT2D eigenvalue weighted by atomic mass is 10.1. The third-order valence-corrected chi connectivity index (χ3v) is 5.80. The maximum Gasteiger partial charge on any atom is 0.416 e. The molecule has 0 unspecified atom stereocenters. The molecule has 0 saturated heterocycles. The van der Waals surface area contributed by atoms with E-state index in [4.69, 9.17) is 0 Å². The van der Waals surface area contributed by atoms with Crippen LogP contribution in [0, 0.1) is 5.82 Å². The van der Waals surface area contributed by atoms with Crippen LogP contribution in [0.25, 0.3) is 0 Å². The first kappa shape index (κ1) is 23.9. The van der Waals surface area contributed by atoms with E-state index in [0.717, 1.165) is 23.3 Å². The van der Waals surface area contributed by atoms with Crippen molar-refractivity contribution in [3.63, 3.8) is 0 Å². The lowest BCUT2D eigenvalue weighted by Crippen LogP contribution is -2.29. The molecule has 6 nitrogen and oxygen atoms in total. The Morgan fingerprint density at radius 3 is 2.56 bits per heavy atom. The highest BCUT2D eigenvalue weighted by atomic mass is 19.4. The number of hydrogen-bond donors (Lipinski definition) is 1. The number of hydrogen-bond acceptors (Lipinski definition) is 4. The molecule has 0 aliphatic carbocycles. The Bertz CT molecular complexity index is 1130. The van der Waals surface area contributed by atoms with Gasteiger partial charge in [-0.1, -0.05) is 30.3 Å². The van der Waals surface area contributed by atoms with Crippen LogP contribution < -0.4 is 5.32 Å². The zero-order chi connectivity index (χ0) is 24.1. The van der Waals surface area contributed by atoms with Crippen LogP contribution in [-0.2, 0) is 43.3 Å². The normalized spacial score (nSPS) is 14.5. The van der Waals surface area contributed by atoms with Crippen molar-refractivity contribution < 1.29 is 22.4 Å². The van der Waals surface area contributed by atoms with Gasteiger partial charge in [-0.15, -0.1) is 10.2 Å². The molecule has 0 spiro atoms. The number of aromatic nitrogens is 3. The topological polar surface area (TPSA) is 63.1 Å². The summed E-state index contributed by atoms with van der Waals surface area (Å²) in [4.78, 5) is 14.3. The summed E-state index contributed by atoms with van der Waals surface area (Å²) in [5, 5.41) is 11.4. The van der Waals surface area contributed by atoms with Crippen molar-refractivity contribution in [2.45, 2.75) is 38.5 Å². The van der Waals surface area contributed by atoms with Gasteiger partial charge in [0.15, 0.2) is 0 Å². The first-order chi connectivity index (χ1) is 16.3.